The van der Waals surface area contributed by atoms with E-state index < -0.39 is 0 Å². The molecule has 0 bridgehead atoms. The standard InChI is InChI=1S/C15H17NO/c1-11-10-15(17)16-13(11)8-5-9-14(16)12-6-3-2-4-7-12/h2-8,11,13-14H,9-10H2,1H3/t11-,13-,14-/m0/s1. The lowest BCUT2D eigenvalue weighted by atomic mass is 9.94. The van der Waals surface area contributed by atoms with Crippen molar-refractivity contribution in [1.82, 2.24) is 4.90 Å². The van der Waals surface area contributed by atoms with Gasteiger partial charge in [-0.1, -0.05) is 49.4 Å². The molecule has 0 spiro atoms. The summed E-state index contributed by atoms with van der Waals surface area (Å²) in [5, 5.41) is 0. The molecule has 2 heterocycles. The molecular weight excluding hydrogens is 210 g/mol. The minimum absolute atomic E-state index is 0.239. The largest absolute Gasteiger partial charge is 0.329 e. The molecule has 88 valence electrons. The molecule has 2 heteroatoms. The predicted molar refractivity (Wildman–Crippen MR) is 67.4 cm³/mol. The lowest BCUT2D eigenvalue weighted by Gasteiger charge is -2.36. The number of amides is 1. The highest BCUT2D eigenvalue weighted by atomic mass is 16.2. The molecule has 0 radical (unpaired) electrons. The van der Waals surface area contributed by atoms with Crippen molar-refractivity contribution in [1.29, 1.82) is 0 Å². The van der Waals surface area contributed by atoms with E-state index in [1.807, 2.05) is 18.2 Å². The predicted octanol–water partition coefficient (Wildman–Crippen LogP) is 2.92. The van der Waals surface area contributed by atoms with E-state index in [0.717, 1.165) is 6.42 Å². The van der Waals surface area contributed by atoms with Crippen molar-refractivity contribution in [2.24, 2.45) is 5.92 Å². The average Bonchev–Trinajstić information content (AvgIpc) is 2.66. The van der Waals surface area contributed by atoms with Crippen LogP contribution in [0, 0.1) is 5.92 Å². The molecule has 1 saturated heterocycles. The fourth-order valence-corrected chi connectivity index (χ4v) is 3.04. The topological polar surface area (TPSA) is 20.3 Å². The van der Waals surface area contributed by atoms with Crippen molar-refractivity contribution >= 4 is 5.91 Å². The van der Waals surface area contributed by atoms with E-state index in [4.69, 9.17) is 0 Å². The molecule has 2 nitrogen and oxygen atoms in total. The second-order valence-electron chi connectivity index (χ2n) is 5.06. The minimum Gasteiger partial charge on any atom is -0.329 e. The van der Waals surface area contributed by atoms with E-state index in [-0.39, 0.29) is 6.04 Å². The molecule has 1 aromatic carbocycles. The van der Waals surface area contributed by atoms with Gasteiger partial charge in [-0.15, -0.1) is 0 Å². The van der Waals surface area contributed by atoms with Crippen molar-refractivity contribution in [3.05, 3.63) is 48.0 Å². The van der Waals surface area contributed by atoms with E-state index in [0.29, 0.717) is 24.3 Å². The lowest BCUT2D eigenvalue weighted by Crippen LogP contribution is -2.39. The molecule has 1 fully saturated rings. The normalized spacial score (nSPS) is 31.7. The molecule has 3 rings (SSSR count). The number of rotatable bonds is 1. The summed E-state index contributed by atoms with van der Waals surface area (Å²) < 4.78 is 0. The van der Waals surface area contributed by atoms with Crippen LogP contribution in [0.4, 0.5) is 0 Å². The Balaban J connectivity index is 1.97. The fourth-order valence-electron chi connectivity index (χ4n) is 3.04. The molecule has 0 N–H and O–H groups in total. The van der Waals surface area contributed by atoms with Crippen molar-refractivity contribution in [3.63, 3.8) is 0 Å². The van der Waals surface area contributed by atoms with Crippen LogP contribution >= 0.6 is 0 Å². The van der Waals surface area contributed by atoms with Crippen LogP contribution in [0.5, 0.6) is 0 Å². The summed E-state index contributed by atoms with van der Waals surface area (Å²) in [5.74, 6) is 0.756. The second kappa shape index (κ2) is 4.02. The summed E-state index contributed by atoms with van der Waals surface area (Å²) in [6.07, 6.45) is 6.07. The van der Waals surface area contributed by atoms with Gasteiger partial charge in [-0.2, -0.15) is 0 Å². The van der Waals surface area contributed by atoms with Gasteiger partial charge in [0.2, 0.25) is 5.91 Å². The Labute approximate surface area is 102 Å². The van der Waals surface area contributed by atoms with Gasteiger partial charge in [0.05, 0.1) is 12.1 Å². The zero-order valence-electron chi connectivity index (χ0n) is 10.0. The van der Waals surface area contributed by atoms with Gasteiger partial charge in [0.1, 0.15) is 0 Å². The van der Waals surface area contributed by atoms with Crippen molar-refractivity contribution < 1.29 is 4.79 Å². The summed E-state index contributed by atoms with van der Waals surface area (Å²) in [6.45, 7) is 2.17. The molecule has 1 aromatic rings. The molecule has 2 aliphatic rings. The lowest BCUT2D eigenvalue weighted by molar-refractivity contribution is -0.131. The van der Waals surface area contributed by atoms with E-state index in [9.17, 15) is 4.79 Å². The van der Waals surface area contributed by atoms with E-state index in [1.54, 1.807) is 0 Å². The summed E-state index contributed by atoms with van der Waals surface area (Å²) in [5.41, 5.74) is 1.25. The number of nitrogens with zero attached hydrogens (tertiary/aromatic N) is 1. The highest BCUT2D eigenvalue weighted by Crippen LogP contribution is 2.39. The van der Waals surface area contributed by atoms with Crippen molar-refractivity contribution in [2.45, 2.75) is 31.8 Å². The summed E-state index contributed by atoms with van der Waals surface area (Å²) >= 11 is 0. The quantitative estimate of drug-likeness (QED) is 0.675. The highest BCUT2D eigenvalue weighted by Gasteiger charge is 2.41. The number of fused-ring (bicyclic) bond motifs is 1. The minimum atomic E-state index is 0.239. The van der Waals surface area contributed by atoms with E-state index in [2.05, 4.69) is 36.1 Å². The average molecular weight is 227 g/mol. The Morgan fingerprint density at radius 2 is 2.00 bits per heavy atom. The molecule has 1 amide bonds. The monoisotopic (exact) mass is 227 g/mol. The first-order valence-corrected chi connectivity index (χ1v) is 6.30. The first-order valence-electron chi connectivity index (χ1n) is 6.30. The Morgan fingerprint density at radius 1 is 1.24 bits per heavy atom. The smallest absolute Gasteiger partial charge is 0.223 e. The van der Waals surface area contributed by atoms with Gasteiger partial charge in [-0.25, -0.2) is 0 Å². The molecule has 17 heavy (non-hydrogen) atoms. The Morgan fingerprint density at radius 3 is 2.76 bits per heavy atom. The molecule has 2 aliphatic heterocycles. The van der Waals surface area contributed by atoms with Crippen LogP contribution in [0.2, 0.25) is 0 Å². The maximum atomic E-state index is 12.1. The third-order valence-corrected chi connectivity index (χ3v) is 3.90. The van der Waals surface area contributed by atoms with Crippen LogP contribution in [0.3, 0.4) is 0 Å². The molecule has 0 saturated carbocycles. The molecule has 0 aliphatic carbocycles. The van der Waals surface area contributed by atoms with Gasteiger partial charge in [0, 0.05) is 6.42 Å². The Bertz CT molecular complexity index is 451. The molecule has 3 atom stereocenters. The summed E-state index contributed by atoms with van der Waals surface area (Å²) in [7, 11) is 0. The van der Waals surface area contributed by atoms with Crippen molar-refractivity contribution in [2.75, 3.05) is 0 Å². The van der Waals surface area contributed by atoms with E-state index in [1.165, 1.54) is 5.56 Å². The number of benzene rings is 1. The zero-order valence-corrected chi connectivity index (χ0v) is 10.0. The number of carbonyl (C=O) groups is 1. The molecule has 0 unspecified atom stereocenters. The number of hydrogen-bond acceptors (Lipinski definition) is 1. The maximum absolute atomic E-state index is 12.1. The summed E-state index contributed by atoms with van der Waals surface area (Å²) in [6, 6.07) is 10.9. The first-order chi connectivity index (χ1) is 8.27. The van der Waals surface area contributed by atoms with Gasteiger partial charge in [0.15, 0.2) is 0 Å². The van der Waals surface area contributed by atoms with Gasteiger partial charge in [0.25, 0.3) is 0 Å². The third kappa shape index (κ3) is 1.68. The van der Waals surface area contributed by atoms with Crippen LogP contribution in [-0.2, 0) is 4.79 Å². The van der Waals surface area contributed by atoms with E-state index >= 15 is 0 Å². The zero-order chi connectivity index (χ0) is 11.8. The SMILES string of the molecule is C[C@H]1CC(=O)N2[C@H](c3ccccc3)CC=C[C@@H]12. The number of hydrogen-bond donors (Lipinski definition) is 0. The Hall–Kier alpha value is -1.57. The summed E-state index contributed by atoms with van der Waals surface area (Å²) in [4.78, 5) is 14.2. The van der Waals surface area contributed by atoms with Crippen LogP contribution < -0.4 is 0 Å². The second-order valence-corrected chi connectivity index (χ2v) is 5.06. The Kier molecular flexibility index (Phi) is 2.50. The van der Waals surface area contributed by atoms with Crippen LogP contribution in [0.1, 0.15) is 31.4 Å². The molecule has 0 aromatic heterocycles. The molecular formula is C15H17NO. The third-order valence-electron chi connectivity index (χ3n) is 3.90. The van der Waals surface area contributed by atoms with Gasteiger partial charge < -0.3 is 4.90 Å². The first kappa shape index (κ1) is 10.6. The van der Waals surface area contributed by atoms with Crippen LogP contribution in [0.25, 0.3) is 0 Å². The van der Waals surface area contributed by atoms with Gasteiger partial charge in [-0.3, -0.25) is 4.79 Å². The van der Waals surface area contributed by atoms with Gasteiger partial charge >= 0.3 is 0 Å². The number of carbonyl (C=O) groups excluding carboxylic acids is 1. The van der Waals surface area contributed by atoms with Crippen LogP contribution in [-0.4, -0.2) is 16.8 Å². The van der Waals surface area contributed by atoms with Crippen LogP contribution in [0.15, 0.2) is 42.5 Å². The van der Waals surface area contributed by atoms with Crippen molar-refractivity contribution in [3.8, 4) is 0 Å². The van der Waals surface area contributed by atoms with Gasteiger partial charge in [-0.05, 0) is 17.9 Å². The highest BCUT2D eigenvalue weighted by molar-refractivity contribution is 5.80. The fraction of sp³-hybridized carbons (Fsp3) is 0.400. The maximum Gasteiger partial charge on any atom is 0.223 e.